The van der Waals surface area contributed by atoms with Gasteiger partial charge in [0, 0.05) is 36.1 Å². The van der Waals surface area contributed by atoms with Crippen molar-refractivity contribution >= 4 is 5.52 Å². The second-order valence-electron chi connectivity index (χ2n) is 5.97. The smallest absolute Gasteiger partial charge is 0.123 e. The molecule has 0 aliphatic rings. The summed E-state index contributed by atoms with van der Waals surface area (Å²) in [6.07, 6.45) is 4.02. The van der Waals surface area contributed by atoms with E-state index in [0.29, 0.717) is 6.54 Å². The standard InChI is InChI=1S/C20H21N3O/c1-15(17-8-4-5-10-20(17)24-3)22(2)13-16-14-23-11-7-6-9-19(23)18(16)12-21/h4-11,14-15H,13H2,1-3H3/t15-/m0/s1. The molecule has 1 atom stereocenters. The third-order valence-corrected chi connectivity index (χ3v) is 4.54. The maximum absolute atomic E-state index is 9.55. The number of fused-ring (bicyclic) bond motifs is 1. The third-order valence-electron chi connectivity index (χ3n) is 4.54. The van der Waals surface area contributed by atoms with Crippen LogP contribution in [0.5, 0.6) is 5.75 Å². The van der Waals surface area contributed by atoms with Crippen LogP contribution < -0.4 is 4.74 Å². The van der Waals surface area contributed by atoms with Crippen molar-refractivity contribution in [2.24, 2.45) is 0 Å². The maximum Gasteiger partial charge on any atom is 0.123 e. The van der Waals surface area contributed by atoms with Crippen molar-refractivity contribution in [2.75, 3.05) is 14.2 Å². The summed E-state index contributed by atoms with van der Waals surface area (Å²) in [5.74, 6) is 0.888. The van der Waals surface area contributed by atoms with Gasteiger partial charge < -0.3 is 9.14 Å². The predicted octanol–water partition coefficient (Wildman–Crippen LogP) is 4.01. The Balaban J connectivity index is 1.90. The zero-order valence-corrected chi connectivity index (χ0v) is 14.2. The van der Waals surface area contributed by atoms with Gasteiger partial charge >= 0.3 is 0 Å². The van der Waals surface area contributed by atoms with Gasteiger partial charge in [-0.25, -0.2) is 0 Å². The number of ether oxygens (including phenoxy) is 1. The fourth-order valence-corrected chi connectivity index (χ4v) is 3.08. The van der Waals surface area contributed by atoms with Crippen molar-refractivity contribution in [3.05, 3.63) is 71.5 Å². The van der Waals surface area contributed by atoms with Crippen molar-refractivity contribution in [3.63, 3.8) is 0 Å². The highest BCUT2D eigenvalue weighted by atomic mass is 16.5. The lowest BCUT2D eigenvalue weighted by Crippen LogP contribution is -2.22. The van der Waals surface area contributed by atoms with Crippen molar-refractivity contribution in [2.45, 2.75) is 19.5 Å². The highest BCUT2D eigenvalue weighted by Gasteiger charge is 2.18. The average molecular weight is 319 g/mol. The van der Waals surface area contributed by atoms with Crippen LogP contribution in [0.2, 0.25) is 0 Å². The van der Waals surface area contributed by atoms with Gasteiger partial charge in [-0.2, -0.15) is 5.26 Å². The van der Waals surface area contributed by atoms with Gasteiger partial charge in [0.15, 0.2) is 0 Å². The van der Waals surface area contributed by atoms with Crippen LogP contribution in [-0.2, 0) is 6.54 Å². The number of aromatic nitrogens is 1. The molecule has 2 heterocycles. The van der Waals surface area contributed by atoms with Gasteiger partial charge in [0.2, 0.25) is 0 Å². The first-order valence-electron chi connectivity index (χ1n) is 7.97. The van der Waals surface area contributed by atoms with Gasteiger partial charge in [-0.15, -0.1) is 0 Å². The largest absolute Gasteiger partial charge is 0.496 e. The minimum absolute atomic E-state index is 0.177. The van der Waals surface area contributed by atoms with E-state index in [0.717, 1.165) is 28.0 Å². The topological polar surface area (TPSA) is 40.7 Å². The van der Waals surface area contributed by atoms with E-state index in [1.165, 1.54) is 0 Å². The lowest BCUT2D eigenvalue weighted by atomic mass is 10.0. The van der Waals surface area contributed by atoms with Crippen molar-refractivity contribution in [1.29, 1.82) is 5.26 Å². The molecule has 0 bridgehead atoms. The lowest BCUT2D eigenvalue weighted by molar-refractivity contribution is 0.247. The molecule has 1 aromatic carbocycles. The monoisotopic (exact) mass is 319 g/mol. The highest BCUT2D eigenvalue weighted by Crippen LogP contribution is 2.30. The molecule has 2 aromatic heterocycles. The second-order valence-corrected chi connectivity index (χ2v) is 5.97. The number of nitriles is 1. The summed E-state index contributed by atoms with van der Waals surface area (Å²) in [4.78, 5) is 2.23. The first-order valence-corrected chi connectivity index (χ1v) is 7.97. The lowest BCUT2D eigenvalue weighted by Gasteiger charge is -2.26. The number of nitrogens with zero attached hydrogens (tertiary/aromatic N) is 3. The van der Waals surface area contributed by atoms with E-state index in [9.17, 15) is 5.26 Å². The number of hydrogen-bond donors (Lipinski definition) is 0. The first-order chi connectivity index (χ1) is 11.7. The Labute approximate surface area is 142 Å². The molecule has 24 heavy (non-hydrogen) atoms. The van der Waals surface area contributed by atoms with E-state index in [1.54, 1.807) is 7.11 Å². The van der Waals surface area contributed by atoms with Crippen LogP contribution in [0.25, 0.3) is 5.52 Å². The van der Waals surface area contributed by atoms with Crippen LogP contribution in [-0.4, -0.2) is 23.5 Å². The van der Waals surface area contributed by atoms with Crippen molar-refractivity contribution in [1.82, 2.24) is 9.30 Å². The predicted molar refractivity (Wildman–Crippen MR) is 95.0 cm³/mol. The van der Waals surface area contributed by atoms with Crippen LogP contribution in [0.4, 0.5) is 0 Å². The molecule has 3 rings (SSSR count). The number of rotatable bonds is 5. The van der Waals surface area contributed by atoms with E-state index in [1.807, 2.05) is 53.2 Å². The SMILES string of the molecule is COc1ccccc1[C@H](C)N(C)Cc1cn2ccccc2c1C#N. The quantitative estimate of drug-likeness (QED) is 0.713. The van der Waals surface area contributed by atoms with Crippen LogP contribution in [0.3, 0.4) is 0 Å². The third kappa shape index (κ3) is 2.86. The molecule has 0 saturated carbocycles. The molecule has 0 amide bonds. The number of hydrogen-bond acceptors (Lipinski definition) is 3. The Morgan fingerprint density at radius 2 is 1.96 bits per heavy atom. The van der Waals surface area contributed by atoms with Crippen LogP contribution in [0, 0.1) is 11.3 Å². The summed E-state index contributed by atoms with van der Waals surface area (Å²) < 4.78 is 7.49. The summed E-state index contributed by atoms with van der Waals surface area (Å²) in [5.41, 5.74) is 3.88. The molecule has 0 N–H and O–H groups in total. The fraction of sp³-hybridized carbons (Fsp3) is 0.250. The summed E-state index contributed by atoms with van der Waals surface area (Å²) >= 11 is 0. The Morgan fingerprint density at radius 3 is 2.71 bits per heavy atom. The van der Waals surface area contributed by atoms with Gasteiger partial charge in [0.25, 0.3) is 0 Å². The van der Waals surface area contributed by atoms with Crippen molar-refractivity contribution < 1.29 is 4.74 Å². The van der Waals surface area contributed by atoms with E-state index in [2.05, 4.69) is 31.0 Å². The average Bonchev–Trinajstić information content (AvgIpc) is 2.97. The number of pyridine rings is 1. The minimum Gasteiger partial charge on any atom is -0.496 e. The molecule has 4 heteroatoms. The Bertz CT molecular complexity index is 891. The van der Waals surface area contributed by atoms with E-state index in [-0.39, 0.29) is 6.04 Å². The normalized spacial score (nSPS) is 12.3. The molecule has 3 aromatic rings. The molecule has 0 fully saturated rings. The minimum atomic E-state index is 0.177. The number of para-hydroxylation sites is 1. The molecular weight excluding hydrogens is 298 g/mol. The van der Waals surface area contributed by atoms with Gasteiger partial charge in [0.1, 0.15) is 11.8 Å². The second kappa shape index (κ2) is 6.77. The molecule has 0 radical (unpaired) electrons. The molecular formula is C20H21N3O. The van der Waals surface area contributed by atoms with E-state index < -0.39 is 0 Å². The van der Waals surface area contributed by atoms with Gasteiger partial charge in [-0.1, -0.05) is 24.3 Å². The fourth-order valence-electron chi connectivity index (χ4n) is 3.08. The number of benzene rings is 1. The molecule has 0 saturated heterocycles. The van der Waals surface area contributed by atoms with E-state index in [4.69, 9.17) is 4.74 Å². The van der Waals surface area contributed by atoms with Crippen molar-refractivity contribution in [3.8, 4) is 11.8 Å². The highest BCUT2D eigenvalue weighted by molar-refractivity contribution is 5.65. The summed E-state index contributed by atoms with van der Waals surface area (Å²) in [6, 6.07) is 16.5. The Morgan fingerprint density at radius 1 is 1.21 bits per heavy atom. The van der Waals surface area contributed by atoms with Gasteiger partial charge in [0.05, 0.1) is 18.2 Å². The molecule has 0 aliphatic heterocycles. The first kappa shape index (κ1) is 16.1. The van der Waals surface area contributed by atoms with Crippen LogP contribution in [0.1, 0.15) is 29.7 Å². The van der Waals surface area contributed by atoms with Gasteiger partial charge in [-0.05, 0) is 32.2 Å². The summed E-state index contributed by atoms with van der Waals surface area (Å²) in [5, 5.41) is 9.55. The maximum atomic E-state index is 9.55. The zero-order chi connectivity index (χ0) is 17.1. The Kier molecular flexibility index (Phi) is 4.54. The number of methoxy groups -OCH3 is 1. The van der Waals surface area contributed by atoms with E-state index >= 15 is 0 Å². The molecule has 0 spiro atoms. The molecule has 122 valence electrons. The zero-order valence-electron chi connectivity index (χ0n) is 14.2. The van der Waals surface area contributed by atoms with Gasteiger partial charge in [-0.3, -0.25) is 4.90 Å². The summed E-state index contributed by atoms with van der Waals surface area (Å²) in [6.45, 7) is 2.85. The molecule has 0 unspecified atom stereocenters. The molecule has 4 nitrogen and oxygen atoms in total. The van der Waals surface area contributed by atoms with Crippen LogP contribution >= 0.6 is 0 Å². The van der Waals surface area contributed by atoms with Crippen LogP contribution in [0.15, 0.2) is 54.9 Å². The summed E-state index contributed by atoms with van der Waals surface area (Å²) in [7, 11) is 3.76. The Hall–Kier alpha value is -2.77. The molecule has 0 aliphatic carbocycles.